The minimum absolute atomic E-state index is 0.526. The van der Waals surface area contributed by atoms with E-state index < -0.39 is 5.72 Å². The molecule has 1 rings (SSSR count). The molecule has 0 saturated carbocycles. The maximum absolute atomic E-state index is 5.17. The minimum Gasteiger partial charge on any atom is -0.346 e. The second-order valence-electron chi connectivity index (χ2n) is 1.97. The lowest BCUT2D eigenvalue weighted by atomic mass is 10.3. The van der Waals surface area contributed by atoms with E-state index in [2.05, 4.69) is 22.4 Å². The highest BCUT2D eigenvalue weighted by Crippen LogP contribution is 2.18. The molecule has 9 heavy (non-hydrogen) atoms. The van der Waals surface area contributed by atoms with Crippen molar-refractivity contribution < 1.29 is 4.74 Å². The Morgan fingerprint density at radius 1 is 1.89 bits per heavy atom. The van der Waals surface area contributed by atoms with E-state index in [4.69, 9.17) is 4.74 Å². The van der Waals surface area contributed by atoms with Gasteiger partial charge in [0.15, 0.2) is 5.72 Å². The lowest BCUT2D eigenvalue weighted by molar-refractivity contribution is 0.0502. The fourth-order valence-corrected chi connectivity index (χ4v) is 0.873. The van der Waals surface area contributed by atoms with E-state index in [-0.39, 0.29) is 0 Å². The van der Waals surface area contributed by atoms with E-state index in [9.17, 15) is 0 Å². The van der Waals surface area contributed by atoms with Gasteiger partial charge in [-0.3, -0.25) is 0 Å². The van der Waals surface area contributed by atoms with Crippen LogP contribution in [0, 0.1) is 0 Å². The zero-order valence-electron chi connectivity index (χ0n) is 5.13. The van der Waals surface area contributed by atoms with Crippen molar-refractivity contribution in [2.45, 2.75) is 12.6 Å². The molecule has 0 aromatic carbocycles. The Labute approximate surface area is 59.2 Å². The van der Waals surface area contributed by atoms with Gasteiger partial charge in [0, 0.05) is 0 Å². The highest BCUT2D eigenvalue weighted by molar-refractivity contribution is 7.78. The van der Waals surface area contributed by atoms with Crippen molar-refractivity contribution in [1.29, 1.82) is 0 Å². The van der Waals surface area contributed by atoms with Crippen LogP contribution in [0.25, 0.3) is 0 Å². The molecule has 48 valence electrons. The molecule has 2 nitrogen and oxygen atoms in total. The Hall–Kier alpha value is -0.500. The molecule has 1 heterocycles. The van der Waals surface area contributed by atoms with Crippen molar-refractivity contribution in [2.24, 2.45) is 4.99 Å². The molecule has 0 radical (unpaired) electrons. The zero-order valence-corrected chi connectivity index (χ0v) is 5.94. The summed E-state index contributed by atoms with van der Waals surface area (Å²) in [5.41, 5.74) is -0.526. The predicted octanol–water partition coefficient (Wildman–Crippen LogP) is 1.39. The summed E-state index contributed by atoms with van der Waals surface area (Å²) in [6.07, 6.45) is 3.78. The average Bonchev–Trinajstić information content (AvgIpc) is 2.16. The third kappa shape index (κ3) is 1.45. The van der Waals surface area contributed by atoms with Gasteiger partial charge in [-0.15, -0.1) is 0 Å². The van der Waals surface area contributed by atoms with Crippen molar-refractivity contribution in [3.05, 3.63) is 12.2 Å². The fourth-order valence-electron chi connectivity index (χ4n) is 0.692. The zero-order chi connectivity index (χ0) is 6.74. The van der Waals surface area contributed by atoms with Gasteiger partial charge >= 0.3 is 0 Å². The molecule has 0 saturated heterocycles. The lowest BCUT2D eigenvalue weighted by Gasteiger charge is -2.12. The smallest absolute Gasteiger partial charge is 0.185 e. The first-order valence-electron chi connectivity index (χ1n) is 2.67. The van der Waals surface area contributed by atoms with Crippen LogP contribution in [0.15, 0.2) is 17.1 Å². The molecule has 3 heteroatoms. The quantitative estimate of drug-likeness (QED) is 0.312. The Balaban J connectivity index is 2.73. The van der Waals surface area contributed by atoms with Crippen molar-refractivity contribution >= 4 is 17.4 Å². The molecular weight excluding hydrogens is 134 g/mol. The summed E-state index contributed by atoms with van der Waals surface area (Å²) >= 11 is 4.43. The van der Waals surface area contributed by atoms with Crippen LogP contribution in [0.2, 0.25) is 0 Å². The molecular formula is C6H7NOS. The molecule has 0 amide bonds. The van der Waals surface area contributed by atoms with Crippen LogP contribution in [-0.4, -0.2) is 17.5 Å². The highest BCUT2D eigenvalue weighted by Gasteiger charge is 2.22. The summed E-state index contributed by atoms with van der Waals surface area (Å²) in [5.74, 6) is 0. The molecule has 0 bridgehead atoms. The van der Waals surface area contributed by atoms with Gasteiger partial charge in [0.25, 0.3) is 0 Å². The van der Waals surface area contributed by atoms with Crippen LogP contribution in [0.4, 0.5) is 0 Å². The summed E-state index contributed by atoms with van der Waals surface area (Å²) in [7, 11) is 0. The second kappa shape index (κ2) is 2.40. The van der Waals surface area contributed by atoms with Gasteiger partial charge in [0.05, 0.1) is 11.8 Å². The summed E-state index contributed by atoms with van der Waals surface area (Å²) in [6, 6.07) is 0. The number of rotatable bonds is 1. The number of hydrogen-bond acceptors (Lipinski definition) is 3. The molecule has 1 atom stereocenters. The number of aliphatic imine (C=N–C) groups is 1. The van der Waals surface area contributed by atoms with Gasteiger partial charge < -0.3 is 4.74 Å². The van der Waals surface area contributed by atoms with Crippen LogP contribution in [-0.2, 0) is 4.74 Å². The Morgan fingerprint density at radius 3 is 3.11 bits per heavy atom. The van der Waals surface area contributed by atoms with Gasteiger partial charge in [-0.2, -0.15) is 4.99 Å². The largest absolute Gasteiger partial charge is 0.346 e. The van der Waals surface area contributed by atoms with Crippen LogP contribution in [0.5, 0.6) is 0 Å². The van der Waals surface area contributed by atoms with Crippen molar-refractivity contribution in [3.8, 4) is 0 Å². The molecule has 0 N–H and O–H groups in total. The molecule has 1 unspecified atom stereocenters. The average molecular weight is 141 g/mol. The SMILES string of the molecule is CC1(N=C=S)C=CCO1. The molecule has 0 aliphatic carbocycles. The maximum Gasteiger partial charge on any atom is 0.185 e. The maximum atomic E-state index is 5.17. The number of ether oxygens (including phenoxy) is 1. The number of thiocarbonyl (C=S) groups is 1. The highest BCUT2D eigenvalue weighted by atomic mass is 32.1. The first-order valence-corrected chi connectivity index (χ1v) is 3.08. The Bertz CT molecular complexity index is 183. The topological polar surface area (TPSA) is 21.6 Å². The number of nitrogens with zero attached hydrogens (tertiary/aromatic N) is 1. The summed E-state index contributed by atoms with van der Waals surface area (Å²) < 4.78 is 5.17. The third-order valence-electron chi connectivity index (χ3n) is 1.17. The summed E-state index contributed by atoms with van der Waals surface area (Å²) in [4.78, 5) is 3.81. The van der Waals surface area contributed by atoms with Gasteiger partial charge in [0.1, 0.15) is 0 Å². The standard InChI is InChI=1S/C6H7NOS/c1-6(7-5-9)3-2-4-8-6/h2-3H,4H2,1H3. The van der Waals surface area contributed by atoms with Gasteiger partial charge in [0.2, 0.25) is 0 Å². The Morgan fingerprint density at radius 2 is 2.67 bits per heavy atom. The van der Waals surface area contributed by atoms with Gasteiger partial charge in [-0.25, -0.2) is 0 Å². The lowest BCUT2D eigenvalue weighted by Crippen LogP contribution is -2.17. The number of isothiocyanates is 1. The first kappa shape index (κ1) is 6.62. The molecule has 1 aliphatic heterocycles. The van der Waals surface area contributed by atoms with E-state index in [0.29, 0.717) is 6.61 Å². The van der Waals surface area contributed by atoms with Crippen LogP contribution >= 0.6 is 12.2 Å². The summed E-state index contributed by atoms with van der Waals surface area (Å²) in [6.45, 7) is 2.47. The van der Waals surface area contributed by atoms with Crippen LogP contribution in [0.1, 0.15) is 6.92 Å². The van der Waals surface area contributed by atoms with Crippen molar-refractivity contribution in [3.63, 3.8) is 0 Å². The van der Waals surface area contributed by atoms with E-state index in [1.54, 1.807) is 0 Å². The van der Waals surface area contributed by atoms with Gasteiger partial charge in [-0.1, -0.05) is 6.08 Å². The molecule has 0 spiro atoms. The van der Waals surface area contributed by atoms with E-state index >= 15 is 0 Å². The van der Waals surface area contributed by atoms with E-state index in [1.165, 1.54) is 0 Å². The molecule has 0 aromatic rings. The third-order valence-corrected chi connectivity index (χ3v) is 1.26. The van der Waals surface area contributed by atoms with E-state index in [1.807, 2.05) is 19.1 Å². The predicted molar refractivity (Wildman–Crippen MR) is 38.5 cm³/mol. The number of hydrogen-bond donors (Lipinski definition) is 0. The van der Waals surface area contributed by atoms with Gasteiger partial charge in [-0.05, 0) is 25.2 Å². The minimum atomic E-state index is -0.526. The van der Waals surface area contributed by atoms with E-state index in [0.717, 1.165) is 0 Å². The normalized spacial score (nSPS) is 32.1. The second-order valence-corrected chi connectivity index (χ2v) is 2.15. The molecule has 0 fully saturated rings. The molecule has 1 aliphatic rings. The molecule has 0 aromatic heterocycles. The van der Waals surface area contributed by atoms with Crippen LogP contribution < -0.4 is 0 Å². The Kier molecular flexibility index (Phi) is 1.76. The van der Waals surface area contributed by atoms with Crippen molar-refractivity contribution in [2.75, 3.05) is 6.61 Å². The van der Waals surface area contributed by atoms with Crippen molar-refractivity contribution in [1.82, 2.24) is 0 Å². The summed E-state index contributed by atoms with van der Waals surface area (Å²) in [5, 5.41) is 2.28. The first-order chi connectivity index (χ1) is 4.27. The van der Waals surface area contributed by atoms with Crippen LogP contribution in [0.3, 0.4) is 0 Å². The monoisotopic (exact) mass is 141 g/mol. The fraction of sp³-hybridized carbons (Fsp3) is 0.500.